The van der Waals surface area contributed by atoms with Crippen molar-refractivity contribution in [2.45, 2.75) is 46.1 Å². The molecule has 2 aromatic carbocycles. The molecule has 9 heteroatoms. The summed E-state index contributed by atoms with van der Waals surface area (Å²) in [6, 6.07) is 11.6. The van der Waals surface area contributed by atoms with Crippen molar-refractivity contribution >= 4 is 23.4 Å². The molecule has 2 heterocycles. The van der Waals surface area contributed by atoms with Gasteiger partial charge in [-0.3, -0.25) is 9.36 Å². The third-order valence-corrected chi connectivity index (χ3v) is 7.35. The number of phenols is 1. The van der Waals surface area contributed by atoms with Gasteiger partial charge in [-0.1, -0.05) is 62.0 Å². The fourth-order valence-corrected chi connectivity index (χ4v) is 5.49. The first kappa shape index (κ1) is 28.9. The molecule has 0 saturated carbocycles. The number of aromatic hydroxyl groups is 1. The van der Waals surface area contributed by atoms with Crippen LogP contribution in [0.25, 0.3) is 6.08 Å². The van der Waals surface area contributed by atoms with E-state index in [4.69, 9.17) is 14.2 Å². The average Bonchev–Trinajstić information content (AvgIpc) is 3.25. The molecule has 1 aliphatic heterocycles. The Morgan fingerprint density at radius 2 is 1.93 bits per heavy atom. The second-order valence-electron chi connectivity index (χ2n) is 9.25. The van der Waals surface area contributed by atoms with Gasteiger partial charge in [0.05, 0.1) is 35.1 Å². The number of thiazole rings is 1. The molecule has 1 N–H and O–H groups in total. The van der Waals surface area contributed by atoms with Gasteiger partial charge in [0.25, 0.3) is 5.56 Å². The van der Waals surface area contributed by atoms with Gasteiger partial charge in [0.15, 0.2) is 16.3 Å². The lowest BCUT2D eigenvalue weighted by atomic mass is 9.96. The minimum absolute atomic E-state index is 0.0246. The normalized spacial score (nSPS) is 14.9. The van der Waals surface area contributed by atoms with Crippen LogP contribution in [-0.2, 0) is 9.53 Å². The largest absolute Gasteiger partial charge is 0.504 e. The predicted octanol–water partition coefficient (Wildman–Crippen LogP) is 4.64. The molecular weight excluding hydrogens is 528 g/mol. The molecule has 8 nitrogen and oxygen atoms in total. The highest BCUT2D eigenvalue weighted by atomic mass is 32.1. The van der Waals surface area contributed by atoms with Crippen LogP contribution in [0, 0.1) is 0 Å². The van der Waals surface area contributed by atoms with E-state index in [0.717, 1.165) is 30.6 Å². The fourth-order valence-electron chi connectivity index (χ4n) is 4.44. The number of rotatable bonds is 12. The molecule has 0 bridgehead atoms. The molecule has 1 aliphatic rings. The van der Waals surface area contributed by atoms with Crippen LogP contribution < -0.4 is 24.4 Å². The summed E-state index contributed by atoms with van der Waals surface area (Å²) in [5, 5.41) is 10.1. The van der Waals surface area contributed by atoms with Crippen LogP contribution in [0.15, 0.2) is 76.2 Å². The Hall–Kier alpha value is -4.11. The lowest BCUT2D eigenvalue weighted by molar-refractivity contribution is -0.138. The van der Waals surface area contributed by atoms with Crippen LogP contribution >= 0.6 is 11.3 Å². The number of carbonyl (C=O) groups is 1. The van der Waals surface area contributed by atoms with Crippen LogP contribution in [0.3, 0.4) is 0 Å². The lowest BCUT2D eigenvalue weighted by Gasteiger charge is -2.24. The Balaban J connectivity index is 1.79. The minimum Gasteiger partial charge on any atom is -0.504 e. The highest BCUT2D eigenvalue weighted by Crippen LogP contribution is 2.32. The van der Waals surface area contributed by atoms with E-state index in [1.807, 2.05) is 31.2 Å². The predicted molar refractivity (Wildman–Crippen MR) is 156 cm³/mol. The van der Waals surface area contributed by atoms with Gasteiger partial charge in [0.2, 0.25) is 0 Å². The first-order valence-electron chi connectivity index (χ1n) is 13.4. The van der Waals surface area contributed by atoms with Crippen LogP contribution in [0.4, 0.5) is 0 Å². The van der Waals surface area contributed by atoms with Gasteiger partial charge in [0.1, 0.15) is 12.4 Å². The molecule has 40 heavy (non-hydrogen) atoms. The molecule has 3 aromatic rings. The zero-order chi connectivity index (χ0) is 28.6. The molecule has 1 unspecified atom stereocenters. The van der Waals surface area contributed by atoms with Crippen molar-refractivity contribution in [1.29, 1.82) is 0 Å². The summed E-state index contributed by atoms with van der Waals surface area (Å²) in [5.74, 6) is 0.528. The molecule has 0 radical (unpaired) electrons. The minimum atomic E-state index is -0.733. The monoisotopic (exact) mass is 562 g/mol. The number of allylic oxidation sites excluding steroid dienone is 1. The molecule has 0 saturated heterocycles. The topological polar surface area (TPSA) is 99.4 Å². The Kier molecular flexibility index (Phi) is 9.60. The summed E-state index contributed by atoms with van der Waals surface area (Å²) in [5.41, 5.74) is 1.91. The van der Waals surface area contributed by atoms with E-state index in [1.165, 1.54) is 28.0 Å². The highest BCUT2D eigenvalue weighted by molar-refractivity contribution is 7.07. The van der Waals surface area contributed by atoms with Gasteiger partial charge < -0.3 is 19.3 Å². The lowest BCUT2D eigenvalue weighted by Crippen LogP contribution is -2.39. The number of phenolic OH excluding ortho intramolecular Hbond substituents is 1. The SMILES string of the molecule is C=CCOC(=O)C1=C(C)N=c2s/c(=C\c3ccc(O)c(OCC)c3)c(=O)n2C1c1ccc(OCCCCC)cc1. The number of hydrogen-bond acceptors (Lipinski definition) is 8. The number of fused-ring (bicyclic) bond motifs is 1. The third kappa shape index (κ3) is 6.37. The maximum atomic E-state index is 13.8. The Labute approximate surface area is 237 Å². The Morgan fingerprint density at radius 1 is 1.15 bits per heavy atom. The molecule has 1 atom stereocenters. The van der Waals surface area contributed by atoms with Crippen LogP contribution in [0.1, 0.15) is 57.2 Å². The molecule has 4 rings (SSSR count). The maximum Gasteiger partial charge on any atom is 0.338 e. The van der Waals surface area contributed by atoms with E-state index in [9.17, 15) is 14.7 Å². The van der Waals surface area contributed by atoms with Crippen molar-refractivity contribution in [3.63, 3.8) is 0 Å². The van der Waals surface area contributed by atoms with Crippen molar-refractivity contribution < 1.29 is 24.1 Å². The molecule has 0 fully saturated rings. The Bertz CT molecular complexity index is 1580. The third-order valence-electron chi connectivity index (χ3n) is 6.37. The van der Waals surface area contributed by atoms with Gasteiger partial charge in [-0.25, -0.2) is 9.79 Å². The number of aromatic nitrogens is 1. The van der Waals surface area contributed by atoms with Crippen molar-refractivity contribution in [2.75, 3.05) is 19.8 Å². The van der Waals surface area contributed by atoms with Crippen LogP contribution in [0.2, 0.25) is 0 Å². The zero-order valence-electron chi connectivity index (χ0n) is 23.0. The summed E-state index contributed by atoms with van der Waals surface area (Å²) in [7, 11) is 0. The summed E-state index contributed by atoms with van der Waals surface area (Å²) >= 11 is 1.23. The van der Waals surface area contributed by atoms with Gasteiger partial charge in [0, 0.05) is 0 Å². The van der Waals surface area contributed by atoms with E-state index in [-0.39, 0.29) is 17.9 Å². The van der Waals surface area contributed by atoms with Gasteiger partial charge >= 0.3 is 5.97 Å². The van der Waals surface area contributed by atoms with Crippen molar-refractivity contribution in [3.05, 3.63) is 97.2 Å². The number of unbranched alkanes of at least 4 members (excludes halogenated alkanes) is 2. The average molecular weight is 563 g/mol. The summed E-state index contributed by atoms with van der Waals surface area (Å²) in [4.78, 5) is 32.1. The molecule has 210 valence electrons. The van der Waals surface area contributed by atoms with E-state index in [0.29, 0.717) is 45.1 Å². The number of esters is 1. The van der Waals surface area contributed by atoms with E-state index in [2.05, 4.69) is 18.5 Å². The number of benzene rings is 2. The second kappa shape index (κ2) is 13.3. The maximum absolute atomic E-state index is 13.8. The highest BCUT2D eigenvalue weighted by Gasteiger charge is 2.33. The number of carbonyl (C=O) groups excluding carboxylic acids is 1. The summed E-state index contributed by atoms with van der Waals surface area (Å²) in [6.07, 6.45) is 6.42. The summed E-state index contributed by atoms with van der Waals surface area (Å²) in [6.45, 7) is 10.4. The first-order valence-corrected chi connectivity index (χ1v) is 14.2. The van der Waals surface area contributed by atoms with Crippen molar-refractivity contribution in [3.8, 4) is 17.2 Å². The van der Waals surface area contributed by atoms with Gasteiger partial charge in [-0.15, -0.1) is 0 Å². The van der Waals surface area contributed by atoms with E-state index < -0.39 is 12.0 Å². The van der Waals surface area contributed by atoms with Crippen molar-refractivity contribution in [2.24, 2.45) is 4.99 Å². The quantitative estimate of drug-likeness (QED) is 0.196. The molecule has 0 amide bonds. The molecule has 0 spiro atoms. The van der Waals surface area contributed by atoms with E-state index >= 15 is 0 Å². The Morgan fingerprint density at radius 3 is 2.62 bits per heavy atom. The van der Waals surface area contributed by atoms with Crippen LogP contribution in [-0.4, -0.2) is 35.5 Å². The number of nitrogens with zero attached hydrogens (tertiary/aromatic N) is 2. The van der Waals surface area contributed by atoms with Gasteiger partial charge in [-0.05, 0) is 61.7 Å². The fraction of sp³-hybridized carbons (Fsp3) is 0.323. The van der Waals surface area contributed by atoms with E-state index in [1.54, 1.807) is 25.1 Å². The number of hydrogen-bond donors (Lipinski definition) is 1. The molecule has 1 aromatic heterocycles. The molecular formula is C31H34N2O6S. The standard InChI is InChI=1S/C31H34N2O6S/c1-5-8-9-17-38-23-13-11-22(12-14-23)28-27(30(36)39-16-6-2)20(4)32-31-33(28)29(35)26(40-31)19-21-10-15-24(34)25(18-21)37-7-3/h6,10-15,18-19,28,34H,2,5,7-9,16-17H2,1,3-4H3/b26-19-. The molecule has 0 aliphatic carbocycles. The number of ether oxygens (including phenoxy) is 3. The van der Waals surface area contributed by atoms with Crippen LogP contribution in [0.5, 0.6) is 17.2 Å². The van der Waals surface area contributed by atoms with Crippen molar-refractivity contribution in [1.82, 2.24) is 4.57 Å². The second-order valence-corrected chi connectivity index (χ2v) is 10.3. The zero-order valence-corrected chi connectivity index (χ0v) is 23.8. The smallest absolute Gasteiger partial charge is 0.338 e. The first-order chi connectivity index (χ1) is 19.4. The van der Waals surface area contributed by atoms with Gasteiger partial charge in [-0.2, -0.15) is 0 Å². The summed E-state index contributed by atoms with van der Waals surface area (Å²) < 4.78 is 18.7.